The highest BCUT2D eigenvalue weighted by Crippen LogP contribution is 2.29. The Balaban J connectivity index is 1.72. The predicted molar refractivity (Wildman–Crippen MR) is 97.3 cm³/mol. The Morgan fingerprint density at radius 1 is 1.36 bits per heavy atom. The van der Waals surface area contributed by atoms with Crippen molar-refractivity contribution < 1.29 is 14.0 Å². The van der Waals surface area contributed by atoms with Crippen molar-refractivity contribution in [1.82, 2.24) is 4.90 Å². The average Bonchev–Trinajstić information content (AvgIpc) is 3.18. The van der Waals surface area contributed by atoms with Gasteiger partial charge in [-0.1, -0.05) is 23.7 Å². The molecule has 2 aromatic rings. The summed E-state index contributed by atoms with van der Waals surface area (Å²) in [6.07, 6.45) is 0.106. The maximum absolute atomic E-state index is 14.0. The summed E-state index contributed by atoms with van der Waals surface area (Å²) in [6, 6.07) is 9.84. The van der Waals surface area contributed by atoms with Gasteiger partial charge in [-0.15, -0.1) is 11.3 Å². The number of nitrogens with zero attached hydrogens (tertiary/aromatic N) is 2. The number of hydrogen-bond acceptors (Lipinski definition) is 3. The Kier molecular flexibility index (Phi) is 5.39. The average molecular weight is 381 g/mol. The van der Waals surface area contributed by atoms with Gasteiger partial charge in [0.05, 0.1) is 22.5 Å². The highest BCUT2D eigenvalue weighted by molar-refractivity contribution is 7.16. The van der Waals surface area contributed by atoms with Crippen LogP contribution in [-0.4, -0.2) is 29.8 Å². The highest BCUT2D eigenvalue weighted by atomic mass is 35.5. The normalized spacial score (nSPS) is 17.2. The van der Waals surface area contributed by atoms with Gasteiger partial charge in [0.15, 0.2) is 0 Å². The van der Waals surface area contributed by atoms with Gasteiger partial charge in [-0.05, 0) is 31.2 Å². The topological polar surface area (TPSA) is 40.6 Å². The minimum atomic E-state index is -0.456. The fraction of sp³-hybridized carbons (Fsp3) is 0.333. The molecule has 132 valence electrons. The Morgan fingerprint density at radius 3 is 2.76 bits per heavy atom. The molecule has 1 aromatic carbocycles. The van der Waals surface area contributed by atoms with E-state index in [4.69, 9.17) is 11.6 Å². The summed E-state index contributed by atoms with van der Waals surface area (Å²) in [5.74, 6) is -1.22. The van der Waals surface area contributed by atoms with Crippen LogP contribution < -0.4 is 4.90 Å². The number of thiophene rings is 1. The van der Waals surface area contributed by atoms with E-state index in [-0.39, 0.29) is 30.5 Å². The molecule has 3 rings (SSSR count). The van der Waals surface area contributed by atoms with E-state index in [9.17, 15) is 14.0 Å². The molecule has 0 aliphatic carbocycles. The van der Waals surface area contributed by atoms with Gasteiger partial charge in [-0.25, -0.2) is 4.39 Å². The van der Waals surface area contributed by atoms with E-state index in [2.05, 4.69) is 0 Å². The van der Waals surface area contributed by atoms with Crippen LogP contribution >= 0.6 is 22.9 Å². The Labute approximate surface area is 154 Å². The number of rotatable bonds is 5. The molecule has 0 bridgehead atoms. The monoisotopic (exact) mass is 380 g/mol. The second-order valence-electron chi connectivity index (χ2n) is 5.92. The standard InChI is InChI=1S/C18H18ClFN2O2S/c1-2-21(11-13-7-8-16(19)25-13)18(24)12-9-17(23)22(10-12)15-6-4-3-5-14(15)20/h3-8,12H,2,9-11H2,1H3/t12-/m1/s1. The molecule has 1 fully saturated rings. The summed E-state index contributed by atoms with van der Waals surface area (Å²) in [4.78, 5) is 29.2. The second-order valence-corrected chi connectivity index (χ2v) is 7.71. The van der Waals surface area contributed by atoms with Crippen LogP contribution in [0.2, 0.25) is 4.34 Å². The molecule has 0 saturated carbocycles. The van der Waals surface area contributed by atoms with E-state index in [0.29, 0.717) is 17.4 Å². The lowest BCUT2D eigenvalue weighted by Crippen LogP contribution is -2.36. The van der Waals surface area contributed by atoms with E-state index < -0.39 is 11.7 Å². The number of hydrogen-bond donors (Lipinski definition) is 0. The first kappa shape index (κ1) is 17.9. The quantitative estimate of drug-likeness (QED) is 0.788. The van der Waals surface area contributed by atoms with Crippen molar-refractivity contribution in [1.29, 1.82) is 0 Å². The highest BCUT2D eigenvalue weighted by Gasteiger charge is 2.37. The maximum atomic E-state index is 14.0. The number of amides is 2. The summed E-state index contributed by atoms with van der Waals surface area (Å²) in [7, 11) is 0. The molecule has 4 nitrogen and oxygen atoms in total. The van der Waals surface area contributed by atoms with Crippen LogP contribution in [0.3, 0.4) is 0 Å². The lowest BCUT2D eigenvalue weighted by molar-refractivity contribution is -0.136. The predicted octanol–water partition coefficient (Wildman–Crippen LogP) is 3.94. The Bertz CT molecular complexity index is 795. The minimum absolute atomic E-state index is 0.0841. The summed E-state index contributed by atoms with van der Waals surface area (Å²) in [6.45, 7) is 3.12. The van der Waals surface area contributed by atoms with Crippen LogP contribution in [0.25, 0.3) is 0 Å². The number of carbonyl (C=O) groups is 2. The van der Waals surface area contributed by atoms with E-state index in [1.54, 1.807) is 29.2 Å². The third-order valence-electron chi connectivity index (χ3n) is 4.29. The largest absolute Gasteiger partial charge is 0.338 e. The first-order chi connectivity index (χ1) is 12.0. The minimum Gasteiger partial charge on any atom is -0.338 e. The van der Waals surface area contributed by atoms with Crippen molar-refractivity contribution in [3.8, 4) is 0 Å². The van der Waals surface area contributed by atoms with E-state index in [1.165, 1.54) is 22.3 Å². The van der Waals surface area contributed by atoms with Crippen molar-refractivity contribution in [3.63, 3.8) is 0 Å². The molecule has 0 spiro atoms. The molecular weight excluding hydrogens is 363 g/mol. The third kappa shape index (κ3) is 3.85. The molecule has 1 aromatic heterocycles. The molecule has 25 heavy (non-hydrogen) atoms. The zero-order valence-electron chi connectivity index (χ0n) is 13.7. The summed E-state index contributed by atoms with van der Waals surface area (Å²) >= 11 is 7.38. The lowest BCUT2D eigenvalue weighted by atomic mass is 10.1. The molecule has 7 heteroatoms. The Morgan fingerprint density at radius 2 is 2.12 bits per heavy atom. The van der Waals surface area contributed by atoms with Crippen molar-refractivity contribution in [3.05, 3.63) is 51.4 Å². The van der Waals surface area contributed by atoms with Gasteiger partial charge in [-0.3, -0.25) is 9.59 Å². The molecule has 1 atom stereocenters. The van der Waals surface area contributed by atoms with Crippen LogP contribution in [0.1, 0.15) is 18.2 Å². The molecule has 0 unspecified atom stereocenters. The molecule has 0 radical (unpaired) electrons. The van der Waals surface area contributed by atoms with E-state index in [0.717, 1.165) is 4.88 Å². The Hall–Kier alpha value is -1.92. The number of para-hydroxylation sites is 1. The van der Waals surface area contributed by atoms with Gasteiger partial charge in [0.25, 0.3) is 0 Å². The molecular formula is C18H18ClFN2O2S. The van der Waals surface area contributed by atoms with Crippen LogP contribution in [0.15, 0.2) is 36.4 Å². The van der Waals surface area contributed by atoms with Crippen molar-refractivity contribution in [2.45, 2.75) is 19.9 Å². The summed E-state index contributed by atoms with van der Waals surface area (Å²) in [5, 5.41) is 0. The fourth-order valence-electron chi connectivity index (χ4n) is 3.01. The lowest BCUT2D eigenvalue weighted by Gasteiger charge is -2.24. The van der Waals surface area contributed by atoms with Crippen LogP contribution in [0.5, 0.6) is 0 Å². The number of halogens is 2. The van der Waals surface area contributed by atoms with Gasteiger partial charge in [0.1, 0.15) is 5.82 Å². The van der Waals surface area contributed by atoms with Gasteiger partial charge in [0.2, 0.25) is 11.8 Å². The molecule has 1 saturated heterocycles. The van der Waals surface area contributed by atoms with Crippen molar-refractivity contribution >= 4 is 40.4 Å². The number of benzene rings is 1. The number of carbonyl (C=O) groups excluding carboxylic acids is 2. The zero-order chi connectivity index (χ0) is 18.0. The van der Waals surface area contributed by atoms with Crippen molar-refractivity contribution in [2.24, 2.45) is 5.92 Å². The van der Waals surface area contributed by atoms with Crippen molar-refractivity contribution in [2.75, 3.05) is 18.0 Å². The van der Waals surface area contributed by atoms with Crippen LogP contribution in [0.4, 0.5) is 10.1 Å². The van der Waals surface area contributed by atoms with E-state index in [1.807, 2.05) is 13.0 Å². The SMILES string of the molecule is CCN(Cc1ccc(Cl)s1)C(=O)[C@@H]1CC(=O)N(c2ccccc2F)C1. The second kappa shape index (κ2) is 7.54. The fourth-order valence-corrected chi connectivity index (χ4v) is 4.11. The maximum Gasteiger partial charge on any atom is 0.228 e. The molecule has 0 N–H and O–H groups in total. The third-order valence-corrected chi connectivity index (χ3v) is 5.50. The van der Waals surface area contributed by atoms with Crippen LogP contribution in [-0.2, 0) is 16.1 Å². The smallest absolute Gasteiger partial charge is 0.228 e. The molecule has 1 aliphatic rings. The van der Waals surface area contributed by atoms with Gasteiger partial charge in [-0.2, -0.15) is 0 Å². The van der Waals surface area contributed by atoms with Gasteiger partial charge in [0, 0.05) is 24.4 Å². The first-order valence-electron chi connectivity index (χ1n) is 8.07. The van der Waals surface area contributed by atoms with Gasteiger partial charge < -0.3 is 9.80 Å². The molecule has 2 amide bonds. The molecule has 2 heterocycles. The van der Waals surface area contributed by atoms with Gasteiger partial charge >= 0.3 is 0 Å². The van der Waals surface area contributed by atoms with E-state index >= 15 is 0 Å². The summed E-state index contributed by atoms with van der Waals surface area (Å²) in [5.41, 5.74) is 0.232. The first-order valence-corrected chi connectivity index (χ1v) is 9.27. The number of anilines is 1. The molecule has 1 aliphatic heterocycles. The summed E-state index contributed by atoms with van der Waals surface area (Å²) < 4.78 is 14.6. The van der Waals surface area contributed by atoms with Crippen LogP contribution in [0, 0.1) is 11.7 Å². The zero-order valence-corrected chi connectivity index (χ0v) is 15.3.